The fourth-order valence-electron chi connectivity index (χ4n) is 3.10. The summed E-state index contributed by atoms with van der Waals surface area (Å²) in [5, 5.41) is 0. The molecule has 0 bridgehead atoms. The second-order valence-electron chi connectivity index (χ2n) is 7.28. The van der Waals surface area contributed by atoms with Crippen LogP contribution in [-0.2, 0) is 0 Å². The van der Waals surface area contributed by atoms with Gasteiger partial charge in [-0.1, -0.05) is 52.4 Å². The first-order valence-electron chi connectivity index (χ1n) is 9.06. The molecule has 0 aromatic rings. The molecule has 120 valence electrons. The summed E-state index contributed by atoms with van der Waals surface area (Å²) in [5.74, 6) is 0.888. The van der Waals surface area contributed by atoms with Crippen LogP contribution in [0.15, 0.2) is 0 Å². The Kier molecular flexibility index (Phi) is 9.54. The standard InChI is InChI=1S/C18H38N2/c1-17(2)11-9-7-5-6-8-10-12-19-13-15-20(16-14-19)18(3)4/h17-18H,5-16H2,1-4H3. The van der Waals surface area contributed by atoms with E-state index in [0.717, 1.165) is 12.0 Å². The molecule has 0 atom stereocenters. The van der Waals surface area contributed by atoms with Crippen LogP contribution in [-0.4, -0.2) is 48.6 Å². The van der Waals surface area contributed by atoms with E-state index in [2.05, 4.69) is 37.5 Å². The molecular weight excluding hydrogens is 244 g/mol. The maximum Gasteiger partial charge on any atom is 0.0113 e. The van der Waals surface area contributed by atoms with Gasteiger partial charge < -0.3 is 4.90 Å². The van der Waals surface area contributed by atoms with E-state index in [1.165, 1.54) is 77.7 Å². The third-order valence-corrected chi connectivity index (χ3v) is 4.64. The van der Waals surface area contributed by atoms with Gasteiger partial charge in [0, 0.05) is 32.2 Å². The van der Waals surface area contributed by atoms with Crippen molar-refractivity contribution in [2.45, 2.75) is 78.7 Å². The molecule has 0 saturated carbocycles. The summed E-state index contributed by atoms with van der Waals surface area (Å²) >= 11 is 0. The van der Waals surface area contributed by atoms with Crippen LogP contribution >= 0.6 is 0 Å². The van der Waals surface area contributed by atoms with Crippen LogP contribution in [0.3, 0.4) is 0 Å². The number of piperazine rings is 1. The average molecular weight is 283 g/mol. The molecule has 20 heavy (non-hydrogen) atoms. The predicted molar refractivity (Wildman–Crippen MR) is 90.3 cm³/mol. The summed E-state index contributed by atoms with van der Waals surface area (Å²) in [6.07, 6.45) is 10.1. The van der Waals surface area contributed by atoms with Crippen molar-refractivity contribution in [2.75, 3.05) is 32.7 Å². The summed E-state index contributed by atoms with van der Waals surface area (Å²) in [4.78, 5) is 5.27. The van der Waals surface area contributed by atoms with Crippen molar-refractivity contribution >= 4 is 0 Å². The van der Waals surface area contributed by atoms with Gasteiger partial charge in [-0.15, -0.1) is 0 Å². The van der Waals surface area contributed by atoms with Crippen LogP contribution in [0.25, 0.3) is 0 Å². The number of rotatable bonds is 10. The van der Waals surface area contributed by atoms with Gasteiger partial charge in [-0.25, -0.2) is 0 Å². The Labute approximate surface area is 127 Å². The van der Waals surface area contributed by atoms with Gasteiger partial charge in [0.1, 0.15) is 0 Å². The van der Waals surface area contributed by atoms with E-state index in [1.807, 2.05) is 0 Å². The minimum absolute atomic E-state index is 0.725. The largest absolute Gasteiger partial charge is 0.301 e. The van der Waals surface area contributed by atoms with Gasteiger partial charge in [0.25, 0.3) is 0 Å². The van der Waals surface area contributed by atoms with Crippen molar-refractivity contribution in [3.8, 4) is 0 Å². The molecule has 2 nitrogen and oxygen atoms in total. The van der Waals surface area contributed by atoms with Crippen molar-refractivity contribution in [1.82, 2.24) is 9.80 Å². The quantitative estimate of drug-likeness (QED) is 0.548. The smallest absolute Gasteiger partial charge is 0.0113 e. The van der Waals surface area contributed by atoms with Crippen LogP contribution < -0.4 is 0 Å². The lowest BCUT2D eigenvalue weighted by atomic mass is 10.0. The molecule has 0 N–H and O–H groups in total. The van der Waals surface area contributed by atoms with E-state index in [4.69, 9.17) is 0 Å². The van der Waals surface area contributed by atoms with Crippen LogP contribution in [0.5, 0.6) is 0 Å². The normalized spacial score (nSPS) is 18.3. The highest BCUT2D eigenvalue weighted by Gasteiger charge is 2.17. The maximum absolute atomic E-state index is 2.66. The van der Waals surface area contributed by atoms with Gasteiger partial charge in [0.2, 0.25) is 0 Å². The van der Waals surface area contributed by atoms with E-state index in [1.54, 1.807) is 0 Å². The van der Waals surface area contributed by atoms with Crippen LogP contribution in [0.1, 0.15) is 72.6 Å². The summed E-state index contributed by atoms with van der Waals surface area (Å²) in [6, 6.07) is 0.725. The fourth-order valence-corrected chi connectivity index (χ4v) is 3.10. The lowest BCUT2D eigenvalue weighted by molar-refractivity contribution is 0.107. The summed E-state index contributed by atoms with van der Waals surface area (Å²) < 4.78 is 0. The van der Waals surface area contributed by atoms with Crippen molar-refractivity contribution in [1.29, 1.82) is 0 Å². The Morgan fingerprint density at radius 3 is 1.80 bits per heavy atom. The molecule has 0 aromatic carbocycles. The molecule has 0 aromatic heterocycles. The molecule has 0 aliphatic carbocycles. The van der Waals surface area contributed by atoms with Gasteiger partial charge in [-0.05, 0) is 32.7 Å². The Morgan fingerprint density at radius 2 is 1.25 bits per heavy atom. The second kappa shape index (κ2) is 10.6. The van der Waals surface area contributed by atoms with E-state index in [0.29, 0.717) is 0 Å². The molecule has 1 aliphatic rings. The van der Waals surface area contributed by atoms with E-state index in [9.17, 15) is 0 Å². The zero-order valence-corrected chi connectivity index (χ0v) is 14.5. The molecule has 1 heterocycles. The van der Waals surface area contributed by atoms with Crippen LogP contribution in [0, 0.1) is 5.92 Å². The highest BCUT2D eigenvalue weighted by molar-refractivity contribution is 4.74. The first-order chi connectivity index (χ1) is 9.59. The van der Waals surface area contributed by atoms with Crippen LogP contribution in [0.4, 0.5) is 0 Å². The second-order valence-corrected chi connectivity index (χ2v) is 7.28. The van der Waals surface area contributed by atoms with Crippen molar-refractivity contribution in [3.05, 3.63) is 0 Å². The zero-order valence-electron chi connectivity index (χ0n) is 14.5. The molecule has 2 heteroatoms. The number of hydrogen-bond donors (Lipinski definition) is 0. The summed E-state index contributed by atoms with van der Waals surface area (Å²) in [7, 11) is 0. The minimum atomic E-state index is 0.725. The molecule has 1 saturated heterocycles. The number of unbranched alkanes of at least 4 members (excludes halogenated alkanes) is 5. The monoisotopic (exact) mass is 282 g/mol. The van der Waals surface area contributed by atoms with Crippen molar-refractivity contribution < 1.29 is 0 Å². The molecule has 1 aliphatic heterocycles. The number of nitrogens with zero attached hydrogens (tertiary/aromatic N) is 2. The Hall–Kier alpha value is -0.0800. The third-order valence-electron chi connectivity index (χ3n) is 4.64. The van der Waals surface area contributed by atoms with Gasteiger partial charge >= 0.3 is 0 Å². The first-order valence-corrected chi connectivity index (χ1v) is 9.06. The van der Waals surface area contributed by atoms with Crippen molar-refractivity contribution in [2.24, 2.45) is 5.92 Å². The average Bonchev–Trinajstić information content (AvgIpc) is 2.42. The maximum atomic E-state index is 2.66. The van der Waals surface area contributed by atoms with E-state index in [-0.39, 0.29) is 0 Å². The lowest BCUT2D eigenvalue weighted by Crippen LogP contribution is -2.48. The highest BCUT2D eigenvalue weighted by Crippen LogP contribution is 2.12. The third kappa shape index (κ3) is 8.26. The highest BCUT2D eigenvalue weighted by atomic mass is 15.3. The topological polar surface area (TPSA) is 6.48 Å². The van der Waals surface area contributed by atoms with Gasteiger partial charge in [-0.3, -0.25) is 4.90 Å². The Balaban J connectivity index is 1.88. The Morgan fingerprint density at radius 1 is 0.700 bits per heavy atom. The van der Waals surface area contributed by atoms with Gasteiger partial charge in [0.05, 0.1) is 0 Å². The summed E-state index contributed by atoms with van der Waals surface area (Å²) in [5.41, 5.74) is 0. The molecule has 0 unspecified atom stereocenters. The fraction of sp³-hybridized carbons (Fsp3) is 1.00. The van der Waals surface area contributed by atoms with Crippen molar-refractivity contribution in [3.63, 3.8) is 0 Å². The summed E-state index contributed by atoms with van der Waals surface area (Å²) in [6.45, 7) is 15.7. The minimum Gasteiger partial charge on any atom is -0.301 e. The van der Waals surface area contributed by atoms with Gasteiger partial charge in [-0.2, -0.15) is 0 Å². The molecule has 1 fully saturated rings. The van der Waals surface area contributed by atoms with E-state index >= 15 is 0 Å². The first kappa shape index (κ1) is 18.0. The number of hydrogen-bond acceptors (Lipinski definition) is 2. The van der Waals surface area contributed by atoms with Gasteiger partial charge in [0.15, 0.2) is 0 Å². The molecular formula is C18H38N2. The molecule has 0 amide bonds. The molecule has 0 radical (unpaired) electrons. The van der Waals surface area contributed by atoms with E-state index < -0.39 is 0 Å². The molecule has 1 rings (SSSR count). The Bertz CT molecular complexity index is 217. The predicted octanol–water partition coefficient (Wildman–Crippen LogP) is 4.40. The van der Waals surface area contributed by atoms with Crippen LogP contribution in [0.2, 0.25) is 0 Å². The molecule has 0 spiro atoms. The SMILES string of the molecule is CC(C)CCCCCCCCN1CCN(C(C)C)CC1. The zero-order chi connectivity index (χ0) is 14.8. The lowest BCUT2D eigenvalue weighted by Gasteiger charge is -2.36.